The van der Waals surface area contributed by atoms with E-state index in [1.54, 1.807) is 0 Å². The van der Waals surface area contributed by atoms with Crippen LogP contribution in [0.15, 0.2) is 85.1 Å². The highest BCUT2D eigenvalue weighted by Crippen LogP contribution is 2.40. The fourth-order valence-corrected chi connectivity index (χ4v) is 5.62. The van der Waals surface area contributed by atoms with Crippen LogP contribution in [0.5, 0.6) is 0 Å². The summed E-state index contributed by atoms with van der Waals surface area (Å²) in [6.45, 7) is 7.43. The third kappa shape index (κ3) is 4.17. The Balaban J connectivity index is 1.59. The second kappa shape index (κ2) is 9.44. The highest BCUT2D eigenvalue weighted by molar-refractivity contribution is 6.10. The van der Waals surface area contributed by atoms with Gasteiger partial charge in [0.15, 0.2) is 0 Å². The SMILES string of the molecule is Cc1ccc(NC(=O)c2c(-c3ccc(C(C)C)cc3)c3c4n(c(-c5ccccc5)cn24)CCCC3)cc1. The largest absolute Gasteiger partial charge is 0.325 e. The number of aryl methyl sites for hydroxylation is 3. The van der Waals surface area contributed by atoms with Gasteiger partial charge in [0, 0.05) is 29.6 Å². The van der Waals surface area contributed by atoms with Gasteiger partial charge in [0.1, 0.15) is 11.3 Å². The maximum atomic E-state index is 14.0. The van der Waals surface area contributed by atoms with Crippen LogP contribution >= 0.6 is 0 Å². The maximum absolute atomic E-state index is 14.0. The van der Waals surface area contributed by atoms with Crippen LogP contribution in [-0.2, 0) is 13.0 Å². The van der Waals surface area contributed by atoms with Crippen molar-refractivity contribution in [3.63, 3.8) is 0 Å². The number of nitrogens with one attached hydrogen (secondary N) is 1. The number of hydrogen-bond donors (Lipinski definition) is 1. The number of carbonyl (C=O) groups excluding carboxylic acids is 1. The molecule has 1 aliphatic heterocycles. The van der Waals surface area contributed by atoms with Gasteiger partial charge in [0.25, 0.3) is 5.91 Å². The van der Waals surface area contributed by atoms with Crippen molar-refractivity contribution >= 4 is 17.2 Å². The van der Waals surface area contributed by atoms with E-state index in [1.165, 1.54) is 22.3 Å². The van der Waals surface area contributed by atoms with Gasteiger partial charge in [0.05, 0.1) is 5.69 Å². The van der Waals surface area contributed by atoms with E-state index in [0.29, 0.717) is 11.6 Å². The van der Waals surface area contributed by atoms with Crippen molar-refractivity contribution in [2.75, 3.05) is 5.32 Å². The summed E-state index contributed by atoms with van der Waals surface area (Å²) in [6.07, 6.45) is 5.34. The number of amides is 1. The molecule has 0 saturated carbocycles. The average Bonchev–Trinajstić information content (AvgIpc) is 3.33. The van der Waals surface area contributed by atoms with Crippen LogP contribution in [0.1, 0.15) is 59.8 Å². The smallest absolute Gasteiger partial charge is 0.273 e. The molecule has 5 aromatic rings. The Bertz CT molecular complexity index is 1570. The van der Waals surface area contributed by atoms with Crippen LogP contribution in [-0.4, -0.2) is 14.9 Å². The van der Waals surface area contributed by atoms with Crippen LogP contribution in [0.25, 0.3) is 28.0 Å². The quantitative estimate of drug-likeness (QED) is 0.267. The van der Waals surface area contributed by atoms with Gasteiger partial charge in [-0.05, 0) is 60.9 Å². The summed E-state index contributed by atoms with van der Waals surface area (Å²) in [4.78, 5) is 14.0. The molecule has 186 valence electrons. The molecule has 4 heteroatoms. The van der Waals surface area contributed by atoms with Crippen LogP contribution in [0.3, 0.4) is 0 Å². The predicted molar refractivity (Wildman–Crippen MR) is 152 cm³/mol. The van der Waals surface area contributed by atoms with E-state index in [1.807, 2.05) is 30.3 Å². The second-order valence-corrected chi connectivity index (χ2v) is 10.5. The lowest BCUT2D eigenvalue weighted by atomic mass is 9.95. The number of aromatic nitrogens is 2. The van der Waals surface area contributed by atoms with E-state index in [4.69, 9.17) is 0 Å². The van der Waals surface area contributed by atoms with Crippen LogP contribution in [0, 0.1) is 6.92 Å². The number of rotatable bonds is 5. The summed E-state index contributed by atoms with van der Waals surface area (Å²) in [5.41, 5.74) is 10.9. The molecule has 0 bridgehead atoms. The lowest BCUT2D eigenvalue weighted by molar-refractivity contribution is 0.102. The first-order chi connectivity index (χ1) is 18.0. The number of imidazole rings is 1. The number of benzene rings is 3. The second-order valence-electron chi connectivity index (χ2n) is 10.5. The number of hydrogen-bond acceptors (Lipinski definition) is 1. The third-order valence-corrected chi connectivity index (χ3v) is 7.59. The zero-order valence-electron chi connectivity index (χ0n) is 21.8. The van der Waals surface area contributed by atoms with Gasteiger partial charge in [0.2, 0.25) is 0 Å². The van der Waals surface area contributed by atoms with Gasteiger partial charge < -0.3 is 9.88 Å². The zero-order chi connectivity index (χ0) is 25.5. The Kier molecular flexibility index (Phi) is 5.96. The Morgan fingerprint density at radius 3 is 2.30 bits per heavy atom. The van der Waals surface area contributed by atoms with Gasteiger partial charge in [-0.3, -0.25) is 9.20 Å². The van der Waals surface area contributed by atoms with Gasteiger partial charge in [-0.15, -0.1) is 0 Å². The Labute approximate surface area is 218 Å². The summed E-state index contributed by atoms with van der Waals surface area (Å²) in [6, 6.07) is 27.3. The fourth-order valence-electron chi connectivity index (χ4n) is 5.62. The highest BCUT2D eigenvalue weighted by atomic mass is 16.1. The van der Waals surface area contributed by atoms with Crippen molar-refractivity contribution in [1.82, 2.24) is 8.97 Å². The molecule has 2 aromatic heterocycles. The van der Waals surface area contributed by atoms with E-state index in [0.717, 1.165) is 54.0 Å². The molecule has 6 rings (SSSR count). The molecule has 3 heterocycles. The molecular formula is C33H33N3O. The molecular weight excluding hydrogens is 454 g/mol. The minimum Gasteiger partial charge on any atom is -0.325 e. The molecule has 1 aliphatic rings. The highest BCUT2D eigenvalue weighted by Gasteiger charge is 2.29. The van der Waals surface area contributed by atoms with Crippen LogP contribution < -0.4 is 5.32 Å². The minimum absolute atomic E-state index is 0.0784. The van der Waals surface area contributed by atoms with Gasteiger partial charge in [-0.25, -0.2) is 0 Å². The Hall–Kier alpha value is -4.05. The summed E-state index contributed by atoms with van der Waals surface area (Å²) < 4.78 is 4.57. The van der Waals surface area contributed by atoms with E-state index in [2.05, 4.69) is 89.8 Å². The fraction of sp³-hybridized carbons (Fsp3) is 0.242. The van der Waals surface area contributed by atoms with Gasteiger partial charge >= 0.3 is 0 Å². The predicted octanol–water partition coefficient (Wildman–Crippen LogP) is 8.10. The molecule has 0 saturated heterocycles. The van der Waals surface area contributed by atoms with Gasteiger partial charge in [-0.1, -0.05) is 86.1 Å². The Morgan fingerprint density at radius 1 is 0.865 bits per heavy atom. The maximum Gasteiger partial charge on any atom is 0.273 e. The molecule has 4 nitrogen and oxygen atoms in total. The first-order valence-electron chi connectivity index (χ1n) is 13.3. The molecule has 1 N–H and O–H groups in total. The molecule has 0 spiro atoms. The summed E-state index contributed by atoms with van der Waals surface area (Å²) >= 11 is 0. The van der Waals surface area contributed by atoms with E-state index >= 15 is 0 Å². The van der Waals surface area contributed by atoms with Crippen molar-refractivity contribution in [1.29, 1.82) is 0 Å². The summed E-state index contributed by atoms with van der Waals surface area (Å²) in [5, 5.41) is 3.19. The Morgan fingerprint density at radius 2 is 1.59 bits per heavy atom. The topological polar surface area (TPSA) is 38.4 Å². The first kappa shape index (κ1) is 23.4. The molecule has 0 atom stereocenters. The van der Waals surface area contributed by atoms with E-state index < -0.39 is 0 Å². The molecule has 1 amide bonds. The average molecular weight is 488 g/mol. The molecule has 0 aliphatic carbocycles. The molecule has 37 heavy (non-hydrogen) atoms. The van der Waals surface area contributed by atoms with Gasteiger partial charge in [-0.2, -0.15) is 0 Å². The lowest BCUT2D eigenvalue weighted by Gasteiger charge is -2.12. The standard InChI is InChI=1S/C33H33N3O/c1-22(2)24-14-16-26(17-15-24)30-28-11-7-8-20-35-29(25-9-5-4-6-10-25)21-36(33(28)35)31(30)32(37)34-27-18-12-23(3)13-19-27/h4-6,9-10,12-19,21-22H,7-8,11,20H2,1-3H3,(H,34,37). The molecule has 3 aromatic carbocycles. The third-order valence-electron chi connectivity index (χ3n) is 7.59. The normalized spacial score (nSPS) is 13.2. The monoisotopic (exact) mass is 487 g/mol. The summed E-state index contributed by atoms with van der Waals surface area (Å²) in [5.74, 6) is 0.385. The van der Waals surface area contributed by atoms with Crippen molar-refractivity contribution < 1.29 is 4.79 Å². The lowest BCUT2D eigenvalue weighted by Crippen LogP contribution is -2.15. The molecule has 0 radical (unpaired) electrons. The molecule has 0 fully saturated rings. The van der Waals surface area contributed by atoms with Crippen molar-refractivity contribution in [2.24, 2.45) is 0 Å². The first-order valence-corrected chi connectivity index (χ1v) is 13.3. The van der Waals surface area contributed by atoms with Crippen LogP contribution in [0.2, 0.25) is 0 Å². The van der Waals surface area contributed by atoms with Crippen LogP contribution in [0.4, 0.5) is 5.69 Å². The van der Waals surface area contributed by atoms with Crippen molar-refractivity contribution in [2.45, 2.75) is 52.5 Å². The molecule has 0 unspecified atom stereocenters. The van der Waals surface area contributed by atoms with E-state index in [-0.39, 0.29) is 5.91 Å². The zero-order valence-corrected chi connectivity index (χ0v) is 21.8. The van der Waals surface area contributed by atoms with Crippen molar-refractivity contribution in [3.05, 3.63) is 107 Å². The minimum atomic E-state index is -0.0784. The number of nitrogens with zero attached hydrogens (tertiary/aromatic N) is 2. The van der Waals surface area contributed by atoms with E-state index in [9.17, 15) is 4.79 Å². The summed E-state index contributed by atoms with van der Waals surface area (Å²) in [7, 11) is 0. The van der Waals surface area contributed by atoms with Crippen molar-refractivity contribution in [3.8, 4) is 22.4 Å². The number of anilines is 1. The number of carbonyl (C=O) groups is 1.